The first-order valence-electron chi connectivity index (χ1n) is 7.75. The molecule has 0 atom stereocenters. The van der Waals surface area contributed by atoms with Gasteiger partial charge in [0.25, 0.3) is 5.56 Å². The van der Waals surface area contributed by atoms with Gasteiger partial charge in [0.15, 0.2) is 0 Å². The second-order valence-electron chi connectivity index (χ2n) is 5.97. The third-order valence-corrected chi connectivity index (χ3v) is 4.37. The third kappa shape index (κ3) is 2.22. The van der Waals surface area contributed by atoms with Crippen molar-refractivity contribution in [1.82, 2.24) is 9.66 Å². The maximum absolute atomic E-state index is 14.5. The predicted octanol–water partition coefficient (Wildman–Crippen LogP) is 2.80. The van der Waals surface area contributed by atoms with Gasteiger partial charge in [0.05, 0.1) is 18.0 Å². The standard InChI is InChI=1S/C18H16FN3O2/c1-24-11-7-8-12(15(19)9-11)13-3-2-4-14-16(13)21-17(10-5-6-10)22(20)18(14)23/h2-4,7-10H,5-6,20H2,1H3. The number of nitrogens with zero attached hydrogens (tertiary/aromatic N) is 2. The molecule has 1 aromatic heterocycles. The topological polar surface area (TPSA) is 70.1 Å². The molecule has 122 valence electrons. The number of rotatable bonds is 3. The Labute approximate surface area is 137 Å². The monoisotopic (exact) mass is 325 g/mol. The highest BCUT2D eigenvalue weighted by molar-refractivity contribution is 5.93. The lowest BCUT2D eigenvalue weighted by Gasteiger charge is -2.12. The molecule has 0 spiro atoms. The summed E-state index contributed by atoms with van der Waals surface area (Å²) >= 11 is 0. The summed E-state index contributed by atoms with van der Waals surface area (Å²) in [5.41, 5.74) is 1.13. The van der Waals surface area contributed by atoms with Gasteiger partial charge in [-0.1, -0.05) is 12.1 Å². The van der Waals surface area contributed by atoms with E-state index in [1.54, 1.807) is 30.3 Å². The number of aromatic nitrogens is 2. The highest BCUT2D eigenvalue weighted by Gasteiger charge is 2.29. The van der Waals surface area contributed by atoms with Crippen molar-refractivity contribution in [2.24, 2.45) is 0 Å². The molecule has 1 fully saturated rings. The van der Waals surface area contributed by atoms with Gasteiger partial charge in [0, 0.05) is 23.1 Å². The molecular formula is C18H16FN3O2. The summed E-state index contributed by atoms with van der Waals surface area (Å²) in [7, 11) is 1.49. The fourth-order valence-corrected chi connectivity index (χ4v) is 2.93. The first-order chi connectivity index (χ1) is 11.6. The van der Waals surface area contributed by atoms with Crippen LogP contribution in [0.2, 0.25) is 0 Å². The smallest absolute Gasteiger partial charge is 0.279 e. The van der Waals surface area contributed by atoms with Gasteiger partial charge in [-0.05, 0) is 31.0 Å². The number of nitrogen functional groups attached to an aromatic ring is 1. The second kappa shape index (κ2) is 5.33. The zero-order valence-electron chi connectivity index (χ0n) is 13.1. The van der Waals surface area contributed by atoms with Crippen molar-refractivity contribution < 1.29 is 9.13 Å². The maximum Gasteiger partial charge on any atom is 0.279 e. The Kier molecular flexibility index (Phi) is 3.26. The molecule has 1 aliphatic carbocycles. The Morgan fingerprint density at radius 3 is 2.71 bits per heavy atom. The molecule has 0 unspecified atom stereocenters. The van der Waals surface area contributed by atoms with Crippen molar-refractivity contribution in [3.05, 3.63) is 58.4 Å². The summed E-state index contributed by atoms with van der Waals surface area (Å²) in [4.78, 5) is 17.1. The molecule has 3 aromatic rings. The van der Waals surface area contributed by atoms with E-state index in [1.165, 1.54) is 13.2 Å². The van der Waals surface area contributed by atoms with Crippen molar-refractivity contribution in [3.63, 3.8) is 0 Å². The lowest BCUT2D eigenvalue weighted by Crippen LogP contribution is -2.31. The highest BCUT2D eigenvalue weighted by Crippen LogP contribution is 2.39. The molecule has 2 N–H and O–H groups in total. The van der Waals surface area contributed by atoms with Crippen LogP contribution in [0.4, 0.5) is 4.39 Å². The summed E-state index contributed by atoms with van der Waals surface area (Å²) in [6.07, 6.45) is 1.93. The summed E-state index contributed by atoms with van der Waals surface area (Å²) in [6, 6.07) is 9.77. The average molecular weight is 325 g/mol. The number of fused-ring (bicyclic) bond motifs is 1. The number of benzene rings is 2. The van der Waals surface area contributed by atoms with E-state index in [4.69, 9.17) is 10.6 Å². The minimum atomic E-state index is -0.423. The number of hydrogen-bond donors (Lipinski definition) is 1. The minimum Gasteiger partial charge on any atom is -0.497 e. The number of nitrogens with two attached hydrogens (primary N) is 1. The van der Waals surface area contributed by atoms with Crippen molar-refractivity contribution in [2.45, 2.75) is 18.8 Å². The van der Waals surface area contributed by atoms with E-state index in [9.17, 15) is 9.18 Å². The average Bonchev–Trinajstić information content (AvgIpc) is 3.42. The molecular weight excluding hydrogens is 309 g/mol. The fourth-order valence-electron chi connectivity index (χ4n) is 2.93. The molecule has 0 amide bonds. The molecule has 0 radical (unpaired) electrons. The quantitative estimate of drug-likeness (QED) is 0.752. The Hall–Kier alpha value is -2.89. The number of ether oxygens (including phenoxy) is 1. The van der Waals surface area contributed by atoms with Gasteiger partial charge < -0.3 is 10.6 Å². The van der Waals surface area contributed by atoms with Crippen LogP contribution < -0.4 is 16.1 Å². The van der Waals surface area contributed by atoms with Crippen LogP contribution in [0, 0.1) is 5.82 Å². The number of hydrogen-bond acceptors (Lipinski definition) is 4. The van der Waals surface area contributed by atoms with Crippen molar-refractivity contribution in [1.29, 1.82) is 0 Å². The number of methoxy groups -OCH3 is 1. The van der Waals surface area contributed by atoms with Gasteiger partial charge in [0.2, 0.25) is 0 Å². The largest absolute Gasteiger partial charge is 0.497 e. The van der Waals surface area contributed by atoms with Crippen LogP contribution in [0.15, 0.2) is 41.2 Å². The van der Waals surface area contributed by atoms with Gasteiger partial charge in [0.1, 0.15) is 17.4 Å². The number of para-hydroxylation sites is 1. The van der Waals surface area contributed by atoms with Gasteiger partial charge in [-0.15, -0.1) is 0 Å². The molecule has 1 saturated carbocycles. The first kappa shape index (κ1) is 14.7. The second-order valence-corrected chi connectivity index (χ2v) is 5.97. The Morgan fingerprint density at radius 2 is 2.04 bits per heavy atom. The van der Waals surface area contributed by atoms with Crippen LogP contribution in [0.1, 0.15) is 24.6 Å². The van der Waals surface area contributed by atoms with Crippen LogP contribution in [-0.4, -0.2) is 16.8 Å². The molecule has 24 heavy (non-hydrogen) atoms. The van der Waals surface area contributed by atoms with Gasteiger partial charge >= 0.3 is 0 Å². The van der Waals surface area contributed by atoms with E-state index in [0.717, 1.165) is 17.5 Å². The van der Waals surface area contributed by atoms with Crippen LogP contribution >= 0.6 is 0 Å². The van der Waals surface area contributed by atoms with Gasteiger partial charge in [-0.25, -0.2) is 14.1 Å². The Bertz CT molecular complexity index is 1010. The lowest BCUT2D eigenvalue weighted by atomic mass is 10.0. The lowest BCUT2D eigenvalue weighted by molar-refractivity contribution is 0.411. The summed E-state index contributed by atoms with van der Waals surface area (Å²) < 4.78 is 20.6. The molecule has 0 bridgehead atoms. The zero-order valence-corrected chi connectivity index (χ0v) is 13.1. The van der Waals surface area contributed by atoms with E-state index < -0.39 is 5.82 Å². The summed E-state index contributed by atoms with van der Waals surface area (Å²) in [6.45, 7) is 0. The molecule has 6 heteroatoms. The van der Waals surface area contributed by atoms with Crippen LogP contribution in [0.25, 0.3) is 22.0 Å². The van der Waals surface area contributed by atoms with Gasteiger partial charge in [-0.2, -0.15) is 0 Å². The van der Waals surface area contributed by atoms with Crippen LogP contribution in [0.3, 0.4) is 0 Å². The SMILES string of the molecule is COc1ccc(-c2cccc3c(=O)n(N)c(C4CC4)nc23)c(F)c1. The predicted molar refractivity (Wildman–Crippen MR) is 90.1 cm³/mol. The van der Waals surface area contributed by atoms with E-state index >= 15 is 0 Å². The molecule has 1 aliphatic rings. The molecule has 0 aliphatic heterocycles. The number of halogens is 1. The van der Waals surface area contributed by atoms with E-state index in [1.807, 2.05) is 0 Å². The van der Waals surface area contributed by atoms with E-state index in [0.29, 0.717) is 33.6 Å². The van der Waals surface area contributed by atoms with E-state index in [2.05, 4.69) is 4.98 Å². The zero-order chi connectivity index (χ0) is 16.8. The minimum absolute atomic E-state index is 0.209. The van der Waals surface area contributed by atoms with Crippen molar-refractivity contribution in [3.8, 4) is 16.9 Å². The molecule has 1 heterocycles. The van der Waals surface area contributed by atoms with Gasteiger partial charge in [-0.3, -0.25) is 4.79 Å². The fraction of sp³-hybridized carbons (Fsp3) is 0.222. The van der Waals surface area contributed by atoms with E-state index in [-0.39, 0.29) is 11.5 Å². The molecule has 0 saturated heterocycles. The summed E-state index contributed by atoms with van der Waals surface area (Å²) in [5.74, 6) is 6.68. The third-order valence-electron chi connectivity index (χ3n) is 4.37. The summed E-state index contributed by atoms with van der Waals surface area (Å²) in [5, 5.41) is 0.384. The molecule has 4 rings (SSSR count). The molecule has 2 aromatic carbocycles. The first-order valence-corrected chi connectivity index (χ1v) is 7.75. The molecule has 5 nitrogen and oxygen atoms in total. The van der Waals surface area contributed by atoms with Crippen LogP contribution in [-0.2, 0) is 0 Å². The maximum atomic E-state index is 14.5. The normalized spacial score (nSPS) is 14.1. The Balaban J connectivity index is 2.01. The Morgan fingerprint density at radius 1 is 1.25 bits per heavy atom. The van der Waals surface area contributed by atoms with Crippen molar-refractivity contribution >= 4 is 10.9 Å². The van der Waals surface area contributed by atoms with Crippen LogP contribution in [0.5, 0.6) is 5.75 Å². The van der Waals surface area contributed by atoms with Crippen molar-refractivity contribution in [2.75, 3.05) is 13.0 Å². The highest BCUT2D eigenvalue weighted by atomic mass is 19.1.